The Morgan fingerprint density at radius 3 is 2.10 bits per heavy atom. The molecule has 5 heteroatoms. The molecule has 0 aromatic heterocycles. The molecule has 5 nitrogen and oxygen atoms in total. The van der Waals surface area contributed by atoms with Crippen molar-refractivity contribution in [2.45, 2.75) is 77.6 Å². The zero-order valence-corrected chi connectivity index (χ0v) is 12.9. The van der Waals surface area contributed by atoms with Gasteiger partial charge in [0.2, 0.25) is 5.91 Å². The van der Waals surface area contributed by atoms with Crippen LogP contribution in [-0.4, -0.2) is 23.5 Å². The Balaban J connectivity index is 3.23. The lowest BCUT2D eigenvalue weighted by Gasteiger charge is -2.04. The first-order valence-electron chi connectivity index (χ1n) is 7.93. The van der Waals surface area contributed by atoms with Crippen molar-refractivity contribution >= 4 is 11.7 Å². The van der Waals surface area contributed by atoms with E-state index in [1.807, 2.05) is 0 Å². The second-order valence-corrected chi connectivity index (χ2v) is 5.27. The Morgan fingerprint density at radius 2 is 1.55 bits per heavy atom. The van der Waals surface area contributed by atoms with Crippen LogP contribution in [-0.2, 0) is 4.79 Å². The van der Waals surface area contributed by atoms with Crippen LogP contribution in [0.5, 0.6) is 0 Å². The highest BCUT2D eigenvalue weighted by Crippen LogP contribution is 2.10. The van der Waals surface area contributed by atoms with Crippen LogP contribution in [0, 0.1) is 0 Å². The molecule has 0 aliphatic rings. The van der Waals surface area contributed by atoms with Crippen LogP contribution in [0.4, 0.5) is 0 Å². The minimum absolute atomic E-state index is 0.0543. The quantitative estimate of drug-likeness (QED) is 0.160. The number of carbonyl (C=O) groups is 1. The number of amidine groups is 1. The fraction of sp³-hybridized carbons (Fsp3) is 0.867. The molecule has 0 bridgehead atoms. The molecule has 0 aromatic carbocycles. The van der Waals surface area contributed by atoms with Crippen molar-refractivity contribution in [1.82, 2.24) is 5.32 Å². The van der Waals surface area contributed by atoms with Crippen LogP contribution < -0.4 is 11.1 Å². The first-order valence-corrected chi connectivity index (χ1v) is 7.93. The van der Waals surface area contributed by atoms with E-state index in [2.05, 4.69) is 17.4 Å². The third-order valence-electron chi connectivity index (χ3n) is 3.34. The maximum Gasteiger partial charge on any atom is 0.220 e. The van der Waals surface area contributed by atoms with Crippen molar-refractivity contribution in [3.63, 3.8) is 0 Å². The zero-order valence-electron chi connectivity index (χ0n) is 12.9. The molecule has 0 aliphatic heterocycles. The number of unbranched alkanes of at least 4 members (excludes halogenated alkanes) is 8. The number of oxime groups is 1. The summed E-state index contributed by atoms with van der Waals surface area (Å²) in [6.07, 6.45) is 12.2. The number of hydrogen-bond acceptors (Lipinski definition) is 3. The fourth-order valence-electron chi connectivity index (χ4n) is 2.06. The summed E-state index contributed by atoms with van der Waals surface area (Å²) < 4.78 is 0. The van der Waals surface area contributed by atoms with Gasteiger partial charge in [0.05, 0.1) is 0 Å². The molecule has 1 amide bonds. The third kappa shape index (κ3) is 13.2. The van der Waals surface area contributed by atoms with Gasteiger partial charge in [-0.1, -0.05) is 63.4 Å². The van der Waals surface area contributed by atoms with Crippen LogP contribution >= 0.6 is 0 Å². The topological polar surface area (TPSA) is 87.7 Å². The number of nitrogens with one attached hydrogen (secondary N) is 1. The average molecular weight is 285 g/mol. The first kappa shape index (κ1) is 18.7. The Morgan fingerprint density at radius 1 is 1.00 bits per heavy atom. The summed E-state index contributed by atoms with van der Waals surface area (Å²) in [5, 5.41) is 14.0. The first-order chi connectivity index (χ1) is 9.70. The van der Waals surface area contributed by atoms with E-state index in [-0.39, 0.29) is 11.7 Å². The highest BCUT2D eigenvalue weighted by atomic mass is 16.4. The number of hydrogen-bond donors (Lipinski definition) is 3. The molecule has 4 N–H and O–H groups in total. The Labute approximate surface area is 123 Å². The molecule has 0 heterocycles. The number of amides is 1. The SMILES string of the molecule is CCCCCCCCCCCC(=O)NCCC(N)=NO. The number of rotatable bonds is 13. The summed E-state index contributed by atoms with van der Waals surface area (Å²) >= 11 is 0. The minimum Gasteiger partial charge on any atom is -0.409 e. The molecule has 0 radical (unpaired) electrons. The molecule has 0 unspecified atom stereocenters. The van der Waals surface area contributed by atoms with Crippen molar-refractivity contribution in [2.75, 3.05) is 6.54 Å². The monoisotopic (exact) mass is 285 g/mol. The summed E-state index contributed by atoms with van der Waals surface area (Å²) in [7, 11) is 0. The minimum atomic E-state index is 0.0543. The summed E-state index contributed by atoms with van der Waals surface area (Å²) in [5.41, 5.74) is 5.31. The molecule has 0 rings (SSSR count). The van der Waals surface area contributed by atoms with E-state index < -0.39 is 0 Å². The maximum absolute atomic E-state index is 11.5. The summed E-state index contributed by atoms with van der Waals surface area (Å²) in [4.78, 5) is 11.5. The Kier molecular flexibility index (Phi) is 13.3. The summed E-state index contributed by atoms with van der Waals surface area (Å²) in [6.45, 7) is 2.67. The standard InChI is InChI=1S/C15H31N3O2/c1-2-3-4-5-6-7-8-9-10-11-15(19)17-13-12-14(16)18-20/h20H,2-13H2,1H3,(H2,16,18)(H,17,19). The Bertz CT molecular complexity index is 268. The van der Waals surface area contributed by atoms with Crippen LogP contribution in [0.15, 0.2) is 5.16 Å². The number of nitrogens with zero attached hydrogens (tertiary/aromatic N) is 1. The second-order valence-electron chi connectivity index (χ2n) is 5.27. The molecule has 0 atom stereocenters. The molecular formula is C15H31N3O2. The molecule has 20 heavy (non-hydrogen) atoms. The van der Waals surface area contributed by atoms with Crippen molar-refractivity contribution in [3.8, 4) is 0 Å². The lowest BCUT2D eigenvalue weighted by Crippen LogP contribution is -2.27. The second kappa shape index (κ2) is 14.2. The molecule has 0 aromatic rings. The third-order valence-corrected chi connectivity index (χ3v) is 3.34. The van der Waals surface area contributed by atoms with Gasteiger partial charge < -0.3 is 16.3 Å². The van der Waals surface area contributed by atoms with Gasteiger partial charge in [0, 0.05) is 19.4 Å². The van der Waals surface area contributed by atoms with E-state index in [4.69, 9.17) is 10.9 Å². The van der Waals surface area contributed by atoms with Crippen molar-refractivity contribution in [2.24, 2.45) is 10.9 Å². The van der Waals surface area contributed by atoms with Crippen molar-refractivity contribution in [3.05, 3.63) is 0 Å². The molecule has 118 valence electrons. The van der Waals surface area contributed by atoms with Crippen LogP contribution in [0.2, 0.25) is 0 Å². The van der Waals surface area contributed by atoms with Gasteiger partial charge in [-0.25, -0.2) is 0 Å². The largest absolute Gasteiger partial charge is 0.409 e. The van der Waals surface area contributed by atoms with E-state index in [1.165, 1.54) is 44.9 Å². The van der Waals surface area contributed by atoms with Crippen LogP contribution in [0.25, 0.3) is 0 Å². The predicted molar refractivity (Wildman–Crippen MR) is 82.9 cm³/mol. The lowest BCUT2D eigenvalue weighted by atomic mass is 10.1. The molecule has 0 fully saturated rings. The van der Waals surface area contributed by atoms with Gasteiger partial charge in [-0.15, -0.1) is 0 Å². The average Bonchev–Trinajstić information content (AvgIpc) is 2.45. The van der Waals surface area contributed by atoms with E-state index >= 15 is 0 Å². The molecule has 0 saturated carbocycles. The number of carbonyl (C=O) groups excluding carboxylic acids is 1. The normalized spacial score (nSPS) is 11.6. The van der Waals surface area contributed by atoms with Crippen molar-refractivity contribution in [1.29, 1.82) is 0 Å². The van der Waals surface area contributed by atoms with Gasteiger partial charge in [-0.3, -0.25) is 4.79 Å². The lowest BCUT2D eigenvalue weighted by molar-refractivity contribution is -0.121. The van der Waals surface area contributed by atoms with Gasteiger partial charge in [0.1, 0.15) is 5.84 Å². The van der Waals surface area contributed by atoms with E-state index in [0.29, 0.717) is 19.4 Å². The van der Waals surface area contributed by atoms with Gasteiger partial charge in [0.25, 0.3) is 0 Å². The molecule has 0 spiro atoms. The predicted octanol–water partition coefficient (Wildman–Crippen LogP) is 3.16. The van der Waals surface area contributed by atoms with Crippen LogP contribution in [0.3, 0.4) is 0 Å². The summed E-state index contributed by atoms with van der Waals surface area (Å²) in [5.74, 6) is 0.201. The highest BCUT2D eigenvalue weighted by Gasteiger charge is 2.01. The van der Waals surface area contributed by atoms with E-state index in [1.54, 1.807) is 0 Å². The number of nitrogens with two attached hydrogens (primary N) is 1. The summed E-state index contributed by atoms with van der Waals surface area (Å²) in [6, 6.07) is 0. The van der Waals surface area contributed by atoms with Crippen LogP contribution in [0.1, 0.15) is 77.6 Å². The maximum atomic E-state index is 11.5. The molecule has 0 saturated heterocycles. The van der Waals surface area contributed by atoms with E-state index in [9.17, 15) is 4.79 Å². The fourth-order valence-corrected chi connectivity index (χ4v) is 2.06. The van der Waals surface area contributed by atoms with Gasteiger partial charge in [0.15, 0.2) is 0 Å². The van der Waals surface area contributed by atoms with Gasteiger partial charge in [-0.2, -0.15) is 0 Å². The zero-order chi connectivity index (χ0) is 15.1. The van der Waals surface area contributed by atoms with Crippen molar-refractivity contribution < 1.29 is 10.0 Å². The van der Waals surface area contributed by atoms with Gasteiger partial charge in [-0.05, 0) is 6.42 Å². The van der Waals surface area contributed by atoms with Gasteiger partial charge >= 0.3 is 0 Å². The highest BCUT2D eigenvalue weighted by molar-refractivity contribution is 5.81. The molecular weight excluding hydrogens is 254 g/mol. The molecule has 0 aliphatic carbocycles. The van der Waals surface area contributed by atoms with E-state index in [0.717, 1.165) is 12.8 Å². The smallest absolute Gasteiger partial charge is 0.220 e. The Hall–Kier alpha value is -1.26.